The molecule has 0 spiro atoms. The van der Waals surface area contributed by atoms with Gasteiger partial charge >= 0.3 is 5.97 Å². The fourth-order valence-corrected chi connectivity index (χ4v) is 2.57. The number of oxime groups is 1. The van der Waals surface area contributed by atoms with Gasteiger partial charge < -0.3 is 14.6 Å². The van der Waals surface area contributed by atoms with Crippen molar-refractivity contribution in [3.8, 4) is 0 Å². The van der Waals surface area contributed by atoms with Crippen molar-refractivity contribution < 1.29 is 18.8 Å². The fourth-order valence-electron chi connectivity index (χ4n) is 2.45. The quantitative estimate of drug-likeness (QED) is 0.289. The molecule has 2 aromatic carbocycles. The molecular weight excluding hydrogens is 391 g/mol. The van der Waals surface area contributed by atoms with Crippen molar-refractivity contribution in [2.75, 3.05) is 17.1 Å². The summed E-state index contributed by atoms with van der Waals surface area (Å²) in [6.07, 6.45) is 0. The lowest BCUT2D eigenvalue weighted by atomic mass is 10.1. The molecule has 8 heteroatoms. The van der Waals surface area contributed by atoms with Crippen molar-refractivity contribution in [3.63, 3.8) is 0 Å². The van der Waals surface area contributed by atoms with E-state index in [9.17, 15) is 9.59 Å². The van der Waals surface area contributed by atoms with Crippen molar-refractivity contribution in [2.24, 2.45) is 5.16 Å². The van der Waals surface area contributed by atoms with Gasteiger partial charge in [-0.1, -0.05) is 47.6 Å². The number of amides is 1. The highest BCUT2D eigenvalue weighted by atomic mass is 35.5. The summed E-state index contributed by atoms with van der Waals surface area (Å²) in [6, 6.07) is 16.1. The van der Waals surface area contributed by atoms with E-state index in [0.717, 1.165) is 0 Å². The molecule has 0 aliphatic carbocycles. The molecule has 0 unspecified atom stereocenters. The number of anilines is 1. The standard InChI is InChI=1S/C19H14Cl2N2O4/c20-10-15(24)22-18-13-8-4-5-9-14(13)26-19(18)17(23-27-16(25)11-21)12-6-2-1-3-7-12/h1-9H,10-11H2,(H,22,24)/b23-17+. The molecule has 0 aliphatic heterocycles. The predicted octanol–water partition coefficient (Wildman–Crippen LogP) is 4.14. The Hall–Kier alpha value is -2.83. The summed E-state index contributed by atoms with van der Waals surface area (Å²) in [5, 5.41) is 7.32. The first kappa shape index (κ1) is 18.9. The molecule has 1 heterocycles. The van der Waals surface area contributed by atoms with Crippen molar-refractivity contribution >= 4 is 57.4 Å². The van der Waals surface area contributed by atoms with Gasteiger partial charge in [0, 0.05) is 10.9 Å². The van der Waals surface area contributed by atoms with Crippen LogP contribution in [0.2, 0.25) is 0 Å². The van der Waals surface area contributed by atoms with E-state index in [1.54, 1.807) is 42.5 Å². The minimum absolute atomic E-state index is 0.224. The van der Waals surface area contributed by atoms with Crippen LogP contribution in [-0.2, 0) is 14.4 Å². The molecule has 0 bridgehead atoms. The lowest BCUT2D eigenvalue weighted by Crippen LogP contribution is -2.16. The van der Waals surface area contributed by atoms with Gasteiger partial charge in [-0.15, -0.1) is 23.2 Å². The monoisotopic (exact) mass is 404 g/mol. The van der Waals surface area contributed by atoms with Gasteiger partial charge in [-0.2, -0.15) is 0 Å². The van der Waals surface area contributed by atoms with E-state index in [2.05, 4.69) is 10.5 Å². The highest BCUT2D eigenvalue weighted by Crippen LogP contribution is 2.33. The smallest absolute Gasteiger partial charge is 0.349 e. The molecule has 0 saturated carbocycles. The van der Waals surface area contributed by atoms with Crippen LogP contribution >= 0.6 is 23.2 Å². The van der Waals surface area contributed by atoms with E-state index < -0.39 is 11.9 Å². The fraction of sp³-hybridized carbons (Fsp3) is 0.105. The zero-order chi connectivity index (χ0) is 19.2. The van der Waals surface area contributed by atoms with Gasteiger partial charge in [0.05, 0.1) is 5.69 Å². The van der Waals surface area contributed by atoms with Crippen LogP contribution in [0.15, 0.2) is 64.2 Å². The predicted molar refractivity (Wildman–Crippen MR) is 104 cm³/mol. The molecule has 0 fully saturated rings. The number of nitrogens with zero attached hydrogens (tertiary/aromatic N) is 1. The number of furan rings is 1. The molecule has 27 heavy (non-hydrogen) atoms. The topological polar surface area (TPSA) is 80.9 Å². The van der Waals surface area contributed by atoms with Gasteiger partial charge in [0.15, 0.2) is 11.5 Å². The third-order valence-corrected chi connectivity index (χ3v) is 4.05. The summed E-state index contributed by atoms with van der Waals surface area (Å²) in [5.41, 5.74) is 1.78. The summed E-state index contributed by atoms with van der Waals surface area (Å²) in [6.45, 7) is 0. The van der Waals surface area contributed by atoms with Crippen LogP contribution < -0.4 is 5.32 Å². The highest BCUT2D eigenvalue weighted by molar-refractivity contribution is 6.30. The number of fused-ring (bicyclic) bond motifs is 1. The number of nitrogens with one attached hydrogen (secondary N) is 1. The van der Waals surface area contributed by atoms with Crippen LogP contribution in [0.5, 0.6) is 0 Å². The molecular formula is C19H14Cl2N2O4. The lowest BCUT2D eigenvalue weighted by Gasteiger charge is -2.07. The Labute approximate surface area is 164 Å². The van der Waals surface area contributed by atoms with Crippen LogP contribution in [0, 0.1) is 0 Å². The molecule has 0 aliphatic rings. The number of hydrogen-bond donors (Lipinski definition) is 1. The maximum absolute atomic E-state index is 11.9. The molecule has 3 aromatic rings. The molecule has 3 rings (SSSR count). The maximum atomic E-state index is 11.9. The number of rotatable bonds is 6. The molecule has 1 N–H and O–H groups in total. The Morgan fingerprint density at radius 2 is 1.70 bits per heavy atom. The first-order chi connectivity index (χ1) is 13.1. The van der Waals surface area contributed by atoms with E-state index in [0.29, 0.717) is 22.2 Å². The second-order valence-electron chi connectivity index (χ2n) is 5.39. The first-order valence-corrected chi connectivity index (χ1v) is 8.98. The number of alkyl halides is 2. The van der Waals surface area contributed by atoms with Gasteiger partial charge in [-0.05, 0) is 12.1 Å². The van der Waals surface area contributed by atoms with E-state index in [1.807, 2.05) is 12.1 Å². The highest BCUT2D eigenvalue weighted by Gasteiger charge is 2.23. The van der Waals surface area contributed by atoms with Gasteiger partial charge in [-0.25, -0.2) is 4.79 Å². The molecule has 1 amide bonds. The largest absolute Gasteiger partial charge is 0.452 e. The number of carbonyl (C=O) groups is 2. The van der Waals surface area contributed by atoms with E-state index >= 15 is 0 Å². The van der Waals surface area contributed by atoms with Crippen molar-refractivity contribution in [3.05, 3.63) is 65.9 Å². The lowest BCUT2D eigenvalue weighted by molar-refractivity contribution is -0.140. The summed E-state index contributed by atoms with van der Waals surface area (Å²) in [7, 11) is 0. The summed E-state index contributed by atoms with van der Waals surface area (Å²) in [5.74, 6) is -1.45. The number of halogens is 2. The molecule has 6 nitrogen and oxygen atoms in total. The molecule has 1 aromatic heterocycles. The summed E-state index contributed by atoms with van der Waals surface area (Å²) in [4.78, 5) is 28.3. The molecule has 0 atom stereocenters. The van der Waals surface area contributed by atoms with Gasteiger partial charge in [0.2, 0.25) is 5.91 Å². The van der Waals surface area contributed by atoms with Gasteiger partial charge in [-0.3, -0.25) is 4.79 Å². The second-order valence-corrected chi connectivity index (χ2v) is 5.92. The Morgan fingerprint density at radius 3 is 2.41 bits per heavy atom. The van der Waals surface area contributed by atoms with Crippen LogP contribution in [0.25, 0.3) is 11.0 Å². The third kappa shape index (κ3) is 4.30. The maximum Gasteiger partial charge on any atom is 0.349 e. The van der Waals surface area contributed by atoms with E-state index in [1.165, 1.54) is 0 Å². The van der Waals surface area contributed by atoms with E-state index in [-0.39, 0.29) is 23.2 Å². The average molecular weight is 405 g/mol. The summed E-state index contributed by atoms with van der Waals surface area (Å²) < 4.78 is 5.91. The first-order valence-electron chi connectivity index (χ1n) is 7.91. The zero-order valence-corrected chi connectivity index (χ0v) is 15.5. The minimum Gasteiger partial charge on any atom is -0.452 e. The molecule has 0 radical (unpaired) electrons. The van der Waals surface area contributed by atoms with Crippen molar-refractivity contribution in [1.29, 1.82) is 0 Å². The van der Waals surface area contributed by atoms with Crippen molar-refractivity contribution in [1.82, 2.24) is 0 Å². The number of carbonyl (C=O) groups excluding carboxylic acids is 2. The van der Waals surface area contributed by atoms with Gasteiger partial charge in [0.25, 0.3) is 0 Å². The zero-order valence-electron chi connectivity index (χ0n) is 13.9. The van der Waals surface area contributed by atoms with Crippen LogP contribution in [0.1, 0.15) is 11.3 Å². The molecule has 0 saturated heterocycles. The third-order valence-electron chi connectivity index (χ3n) is 3.59. The average Bonchev–Trinajstić information content (AvgIpc) is 3.06. The number of benzene rings is 2. The van der Waals surface area contributed by atoms with E-state index in [4.69, 9.17) is 32.5 Å². The van der Waals surface area contributed by atoms with Crippen LogP contribution in [0.4, 0.5) is 5.69 Å². The van der Waals surface area contributed by atoms with Crippen LogP contribution in [-0.4, -0.2) is 29.3 Å². The minimum atomic E-state index is -0.715. The number of hydrogen-bond acceptors (Lipinski definition) is 5. The Balaban J connectivity index is 2.19. The Kier molecular flexibility index (Phi) is 6.11. The number of para-hydroxylation sites is 1. The Bertz CT molecular complexity index is 999. The summed E-state index contributed by atoms with van der Waals surface area (Å²) >= 11 is 11.1. The van der Waals surface area contributed by atoms with Crippen LogP contribution in [0.3, 0.4) is 0 Å². The van der Waals surface area contributed by atoms with Gasteiger partial charge in [0.1, 0.15) is 17.3 Å². The Morgan fingerprint density at radius 1 is 1.00 bits per heavy atom. The normalized spacial score (nSPS) is 11.4. The van der Waals surface area contributed by atoms with Crippen molar-refractivity contribution in [2.45, 2.75) is 0 Å². The molecule has 138 valence electrons. The second kappa shape index (κ2) is 8.70. The SMILES string of the molecule is O=C(CCl)Nc1c(/C(=N/OC(=O)CCl)c2ccccc2)oc2ccccc12.